The van der Waals surface area contributed by atoms with Crippen LogP contribution in [0.5, 0.6) is 5.88 Å². The molecule has 2 heterocycles. The van der Waals surface area contributed by atoms with Gasteiger partial charge in [-0.05, 0) is 55.4 Å². The Balaban J connectivity index is 1.70. The number of amides is 3. The maximum Gasteiger partial charge on any atom is 0.242 e. The number of nitrogens with one attached hydrogen (secondary N) is 4. The monoisotopic (exact) mass is 571 g/mol. The molecule has 1 aromatic heterocycles. The maximum atomic E-state index is 13.1. The average Bonchev–Trinajstić information content (AvgIpc) is 2.94. The number of carbonyl (C=O) groups excluding carboxylic acids is 3. The summed E-state index contributed by atoms with van der Waals surface area (Å²) in [4.78, 5) is 43.2. The van der Waals surface area contributed by atoms with E-state index in [1.165, 1.54) is 0 Å². The second-order valence-corrected chi connectivity index (χ2v) is 10.7. The van der Waals surface area contributed by atoms with Gasteiger partial charge in [0, 0.05) is 49.3 Å². The first kappa shape index (κ1) is 31.4. The Kier molecular flexibility index (Phi) is 13.2. The number of pyridine rings is 1. The van der Waals surface area contributed by atoms with Crippen molar-refractivity contribution in [2.75, 3.05) is 26.2 Å². The van der Waals surface area contributed by atoms with Crippen molar-refractivity contribution in [1.82, 2.24) is 26.3 Å². The van der Waals surface area contributed by atoms with Crippen molar-refractivity contribution in [3.63, 3.8) is 0 Å². The minimum absolute atomic E-state index is 0.0542. The first-order valence-electron chi connectivity index (χ1n) is 14.3. The van der Waals surface area contributed by atoms with Crippen molar-refractivity contribution < 1.29 is 19.1 Å². The molecule has 1 unspecified atom stereocenters. The van der Waals surface area contributed by atoms with Gasteiger partial charge in [0.15, 0.2) is 0 Å². The number of aryl methyl sites for hydroxylation is 1. The van der Waals surface area contributed by atoms with Gasteiger partial charge < -0.3 is 26.0 Å². The van der Waals surface area contributed by atoms with E-state index in [0.29, 0.717) is 69.2 Å². The van der Waals surface area contributed by atoms with Gasteiger partial charge in [0.05, 0.1) is 6.04 Å². The summed E-state index contributed by atoms with van der Waals surface area (Å²) in [6.07, 6.45) is 5.75. The first-order valence-corrected chi connectivity index (χ1v) is 14.6. The Bertz CT molecular complexity index is 1120. The number of hydrogen-bond acceptors (Lipinski definition) is 6. The number of fused-ring (bicyclic) bond motifs is 1. The molecule has 0 aliphatic carbocycles. The normalized spacial score (nSPS) is 21.4. The van der Waals surface area contributed by atoms with Gasteiger partial charge in [-0.3, -0.25) is 14.4 Å². The topological polar surface area (TPSA) is 121 Å². The number of aromatic nitrogens is 1. The summed E-state index contributed by atoms with van der Waals surface area (Å²) >= 11 is 6.14. The molecule has 2 aromatic rings. The lowest BCUT2D eigenvalue weighted by atomic mass is 9.98. The van der Waals surface area contributed by atoms with Crippen LogP contribution >= 0.6 is 11.6 Å². The number of carbonyl (C=O) groups is 3. The lowest BCUT2D eigenvalue weighted by Crippen LogP contribution is -2.49. The third-order valence-corrected chi connectivity index (χ3v) is 7.32. The molecule has 3 rings (SSSR count). The van der Waals surface area contributed by atoms with Crippen LogP contribution in [0.4, 0.5) is 0 Å². The van der Waals surface area contributed by atoms with Crippen LogP contribution in [0.25, 0.3) is 0 Å². The van der Waals surface area contributed by atoms with Crippen LogP contribution in [-0.2, 0) is 27.2 Å². The molecular formula is C30H42ClN5O4. The van der Waals surface area contributed by atoms with Crippen molar-refractivity contribution in [3.05, 3.63) is 58.7 Å². The van der Waals surface area contributed by atoms with E-state index in [9.17, 15) is 14.4 Å². The zero-order valence-corrected chi connectivity index (χ0v) is 24.3. The van der Waals surface area contributed by atoms with E-state index >= 15 is 0 Å². The number of halogens is 1. The van der Waals surface area contributed by atoms with Gasteiger partial charge >= 0.3 is 0 Å². The summed E-state index contributed by atoms with van der Waals surface area (Å²) in [5.41, 5.74) is 1.81. The Morgan fingerprint density at radius 1 is 1.00 bits per heavy atom. The summed E-state index contributed by atoms with van der Waals surface area (Å²) in [5.74, 6) is 0.213. The third kappa shape index (κ3) is 10.4. The van der Waals surface area contributed by atoms with Gasteiger partial charge in [0.2, 0.25) is 23.6 Å². The fourth-order valence-electron chi connectivity index (χ4n) is 4.62. The fourth-order valence-corrected chi connectivity index (χ4v) is 4.83. The summed E-state index contributed by atoms with van der Waals surface area (Å²) < 4.78 is 5.96. The van der Waals surface area contributed by atoms with E-state index < -0.39 is 6.04 Å². The Morgan fingerprint density at radius 2 is 1.80 bits per heavy atom. The summed E-state index contributed by atoms with van der Waals surface area (Å²) in [6.45, 7) is 5.91. The number of ether oxygens (including phenoxy) is 1. The van der Waals surface area contributed by atoms with Gasteiger partial charge in [0.25, 0.3) is 0 Å². The maximum absolute atomic E-state index is 13.1. The van der Waals surface area contributed by atoms with Gasteiger partial charge in [-0.25, -0.2) is 4.98 Å². The number of hydrogen-bond donors (Lipinski definition) is 4. The Hall–Kier alpha value is -3.17. The number of benzene rings is 1. The van der Waals surface area contributed by atoms with Gasteiger partial charge in [-0.1, -0.05) is 50.1 Å². The molecule has 3 amide bonds. The number of nitrogens with zero attached hydrogens (tertiary/aromatic N) is 1. The average molecular weight is 572 g/mol. The summed E-state index contributed by atoms with van der Waals surface area (Å²) in [6, 6.07) is 10.1. The quantitative estimate of drug-likeness (QED) is 0.447. The van der Waals surface area contributed by atoms with Crippen molar-refractivity contribution in [3.8, 4) is 5.88 Å². The molecule has 0 spiro atoms. The van der Waals surface area contributed by atoms with E-state index in [2.05, 4.69) is 40.1 Å². The molecule has 3 atom stereocenters. The Labute approximate surface area is 242 Å². The molecule has 1 aliphatic rings. The molecule has 0 radical (unpaired) electrons. The highest BCUT2D eigenvalue weighted by Gasteiger charge is 2.24. The van der Waals surface area contributed by atoms with Gasteiger partial charge in [0.1, 0.15) is 12.6 Å². The predicted octanol–water partition coefficient (Wildman–Crippen LogP) is 3.19. The van der Waals surface area contributed by atoms with Crippen molar-refractivity contribution in [2.24, 2.45) is 5.92 Å². The van der Waals surface area contributed by atoms with Crippen LogP contribution in [0, 0.1) is 5.92 Å². The molecule has 4 N–H and O–H groups in total. The molecule has 0 fully saturated rings. The van der Waals surface area contributed by atoms with Crippen LogP contribution in [0.15, 0.2) is 42.6 Å². The highest BCUT2D eigenvalue weighted by molar-refractivity contribution is 6.30. The SMILES string of the molecule is CCC(C)[C@@H]1NCCOc2ncccc2CCCNC(=O)[C@H](Cc2cccc(Cl)c2)NC(=O)CCCCNC1=O. The largest absolute Gasteiger partial charge is 0.476 e. The minimum atomic E-state index is -0.723. The second kappa shape index (κ2) is 16.8. The third-order valence-electron chi connectivity index (χ3n) is 7.08. The highest BCUT2D eigenvalue weighted by atomic mass is 35.5. The predicted molar refractivity (Wildman–Crippen MR) is 156 cm³/mol. The van der Waals surface area contributed by atoms with Crippen LogP contribution in [0.3, 0.4) is 0 Å². The van der Waals surface area contributed by atoms with Crippen molar-refractivity contribution in [2.45, 2.75) is 70.9 Å². The lowest BCUT2D eigenvalue weighted by Gasteiger charge is -2.23. The van der Waals surface area contributed by atoms with Crippen LogP contribution in [0.1, 0.15) is 57.1 Å². The molecule has 0 saturated carbocycles. The van der Waals surface area contributed by atoms with Gasteiger partial charge in [-0.15, -0.1) is 0 Å². The van der Waals surface area contributed by atoms with Crippen LogP contribution < -0.4 is 26.0 Å². The first-order chi connectivity index (χ1) is 19.4. The molecule has 40 heavy (non-hydrogen) atoms. The smallest absolute Gasteiger partial charge is 0.242 e. The lowest BCUT2D eigenvalue weighted by molar-refractivity contribution is -0.129. The molecule has 218 valence electrons. The molecule has 1 aromatic carbocycles. The zero-order valence-electron chi connectivity index (χ0n) is 23.5. The van der Waals surface area contributed by atoms with Gasteiger partial charge in [-0.2, -0.15) is 0 Å². The van der Waals surface area contributed by atoms with E-state index in [1.54, 1.807) is 18.3 Å². The minimum Gasteiger partial charge on any atom is -0.476 e. The van der Waals surface area contributed by atoms with Crippen LogP contribution in [0.2, 0.25) is 5.02 Å². The number of rotatable bonds is 4. The molecule has 1 aliphatic heterocycles. The standard InChI is InChI=1S/C30H42ClN5O4/c1-3-21(2)27-29(39)34-14-5-4-13-26(37)36-25(20-22-9-6-12-24(31)19-22)28(38)33-15-7-10-23-11-8-16-35-30(23)40-18-17-32-27/h6,8-9,11-12,16,19,21,25,27,32H,3-5,7,10,13-15,17-18,20H2,1-2H3,(H,33,38)(H,34,39)(H,36,37)/t21?,25-,27-/m0/s1. The molecule has 0 bridgehead atoms. The van der Waals surface area contributed by atoms with E-state index in [1.807, 2.05) is 24.3 Å². The zero-order chi connectivity index (χ0) is 28.7. The molecular weight excluding hydrogens is 530 g/mol. The summed E-state index contributed by atoms with van der Waals surface area (Å²) in [7, 11) is 0. The molecule has 10 heteroatoms. The molecule has 0 saturated heterocycles. The highest BCUT2D eigenvalue weighted by Crippen LogP contribution is 2.17. The van der Waals surface area contributed by atoms with Crippen molar-refractivity contribution >= 4 is 29.3 Å². The summed E-state index contributed by atoms with van der Waals surface area (Å²) in [5, 5.41) is 12.8. The van der Waals surface area contributed by atoms with E-state index in [4.69, 9.17) is 16.3 Å². The van der Waals surface area contributed by atoms with Crippen LogP contribution in [-0.4, -0.2) is 61.0 Å². The second-order valence-electron chi connectivity index (χ2n) is 10.2. The fraction of sp³-hybridized carbons (Fsp3) is 0.533. The van der Waals surface area contributed by atoms with E-state index in [0.717, 1.165) is 17.5 Å². The van der Waals surface area contributed by atoms with Crippen molar-refractivity contribution in [1.29, 1.82) is 0 Å². The van der Waals surface area contributed by atoms with E-state index in [-0.39, 0.29) is 36.1 Å². The molecule has 9 nitrogen and oxygen atoms in total. The Morgan fingerprint density at radius 3 is 2.60 bits per heavy atom.